The number of fused-ring (bicyclic) bond motifs is 1. The van der Waals surface area contributed by atoms with Crippen molar-refractivity contribution in [1.29, 1.82) is 0 Å². The van der Waals surface area contributed by atoms with Crippen molar-refractivity contribution < 1.29 is 22.4 Å². The number of aryl methyl sites for hydroxylation is 1. The largest absolute Gasteiger partial charge is 0.460 e. The van der Waals surface area contributed by atoms with Gasteiger partial charge in [0.2, 0.25) is 15.8 Å². The molecule has 0 saturated carbocycles. The molecular formula is C23H32N2O5S. The Morgan fingerprint density at radius 3 is 2.65 bits per heavy atom. The van der Waals surface area contributed by atoms with Crippen molar-refractivity contribution in [2.45, 2.75) is 50.8 Å². The summed E-state index contributed by atoms with van der Waals surface area (Å²) in [6.45, 7) is 8.29. The van der Waals surface area contributed by atoms with Gasteiger partial charge in [0, 0.05) is 30.6 Å². The van der Waals surface area contributed by atoms with Crippen molar-refractivity contribution in [2.75, 3.05) is 39.3 Å². The summed E-state index contributed by atoms with van der Waals surface area (Å²) in [4.78, 5) is 14.9. The Labute approximate surface area is 184 Å². The van der Waals surface area contributed by atoms with E-state index < -0.39 is 16.0 Å². The Bertz CT molecular complexity index is 1040. The topological polar surface area (TPSA) is 80.1 Å². The zero-order chi connectivity index (χ0) is 22.0. The van der Waals surface area contributed by atoms with Gasteiger partial charge in [-0.05, 0) is 83.2 Å². The van der Waals surface area contributed by atoms with E-state index in [-0.39, 0.29) is 17.3 Å². The van der Waals surface area contributed by atoms with Crippen molar-refractivity contribution in [3.63, 3.8) is 0 Å². The molecule has 2 aliphatic rings. The van der Waals surface area contributed by atoms with E-state index in [9.17, 15) is 13.2 Å². The maximum Gasteiger partial charge on any atom is 0.374 e. The Balaban J connectivity index is 1.52. The summed E-state index contributed by atoms with van der Waals surface area (Å²) < 4.78 is 39.1. The van der Waals surface area contributed by atoms with Crippen LogP contribution in [0.25, 0.3) is 11.0 Å². The molecule has 0 N–H and O–H groups in total. The van der Waals surface area contributed by atoms with E-state index in [1.54, 1.807) is 36.4 Å². The van der Waals surface area contributed by atoms with Gasteiger partial charge >= 0.3 is 5.97 Å². The first-order valence-electron chi connectivity index (χ1n) is 11.3. The van der Waals surface area contributed by atoms with Crippen molar-refractivity contribution >= 4 is 27.0 Å². The molecule has 1 aromatic heterocycles. The van der Waals surface area contributed by atoms with E-state index in [1.807, 2.05) is 0 Å². The van der Waals surface area contributed by atoms with Gasteiger partial charge in [0.15, 0.2) is 0 Å². The molecule has 170 valence electrons. The van der Waals surface area contributed by atoms with Crippen LogP contribution in [0.3, 0.4) is 0 Å². The number of nitrogens with zero attached hydrogens (tertiary/aromatic N) is 2. The van der Waals surface area contributed by atoms with Crippen LogP contribution in [0.5, 0.6) is 0 Å². The molecular weight excluding hydrogens is 416 g/mol. The molecule has 1 atom stereocenters. The third-order valence-electron chi connectivity index (χ3n) is 6.53. The second kappa shape index (κ2) is 9.30. The fourth-order valence-corrected chi connectivity index (χ4v) is 6.31. The Morgan fingerprint density at radius 2 is 1.90 bits per heavy atom. The van der Waals surface area contributed by atoms with Crippen LogP contribution >= 0.6 is 0 Å². The van der Waals surface area contributed by atoms with Gasteiger partial charge in [0.25, 0.3) is 0 Å². The molecule has 0 aliphatic carbocycles. The van der Waals surface area contributed by atoms with Gasteiger partial charge in [-0.25, -0.2) is 13.2 Å². The summed E-state index contributed by atoms with van der Waals surface area (Å²) in [5.41, 5.74) is 1.09. The number of likely N-dealkylation sites (tertiary alicyclic amines) is 1. The molecule has 8 heteroatoms. The van der Waals surface area contributed by atoms with Gasteiger partial charge in [0.05, 0.1) is 11.5 Å². The number of carbonyl (C=O) groups is 1. The summed E-state index contributed by atoms with van der Waals surface area (Å²) >= 11 is 0. The first kappa shape index (κ1) is 22.3. The van der Waals surface area contributed by atoms with Crippen LogP contribution < -0.4 is 0 Å². The molecule has 7 nitrogen and oxygen atoms in total. The lowest BCUT2D eigenvalue weighted by molar-refractivity contribution is 0.0491. The first-order chi connectivity index (χ1) is 14.9. The SMILES string of the molecule is CCOC(=O)c1oc2ccc(S(=O)(=O)N3CCCC(CN4CCCC4)CC3)cc2c1C. The molecule has 2 aliphatic heterocycles. The molecule has 2 saturated heterocycles. The van der Waals surface area contributed by atoms with Crippen LogP contribution in [-0.4, -0.2) is 62.9 Å². The van der Waals surface area contributed by atoms with E-state index >= 15 is 0 Å². The Hall–Kier alpha value is -1.90. The summed E-state index contributed by atoms with van der Waals surface area (Å²) in [6, 6.07) is 4.83. The average Bonchev–Trinajstić information content (AvgIpc) is 3.30. The smallest absolute Gasteiger partial charge is 0.374 e. The molecule has 1 unspecified atom stereocenters. The second-order valence-electron chi connectivity index (χ2n) is 8.64. The zero-order valence-electron chi connectivity index (χ0n) is 18.4. The van der Waals surface area contributed by atoms with Crippen LogP contribution in [0.1, 0.15) is 55.1 Å². The number of hydrogen-bond acceptors (Lipinski definition) is 6. The monoisotopic (exact) mass is 448 g/mol. The van der Waals surface area contributed by atoms with Crippen molar-refractivity contribution in [2.24, 2.45) is 5.92 Å². The lowest BCUT2D eigenvalue weighted by Gasteiger charge is -2.23. The lowest BCUT2D eigenvalue weighted by Crippen LogP contribution is -2.32. The predicted molar refractivity (Wildman–Crippen MR) is 119 cm³/mol. The number of sulfonamides is 1. The minimum atomic E-state index is -3.60. The standard InChI is InChI=1S/C23H32N2O5S/c1-3-29-23(26)22-17(2)20-15-19(8-9-21(20)30-22)31(27,28)25-13-6-7-18(10-14-25)16-24-11-4-5-12-24/h8-9,15,18H,3-7,10-14,16H2,1-2H3. The number of esters is 1. The van der Waals surface area contributed by atoms with Crippen LogP contribution in [-0.2, 0) is 14.8 Å². The van der Waals surface area contributed by atoms with Gasteiger partial charge in [-0.1, -0.05) is 0 Å². The second-order valence-corrected chi connectivity index (χ2v) is 10.6. The van der Waals surface area contributed by atoms with Gasteiger partial charge in [-0.2, -0.15) is 4.31 Å². The molecule has 0 bridgehead atoms. The molecule has 0 amide bonds. The first-order valence-corrected chi connectivity index (χ1v) is 12.8. The van der Waals surface area contributed by atoms with Crippen LogP contribution in [0.4, 0.5) is 0 Å². The highest BCUT2D eigenvalue weighted by atomic mass is 32.2. The Kier molecular flexibility index (Phi) is 6.69. The van der Waals surface area contributed by atoms with Crippen molar-refractivity contribution in [3.8, 4) is 0 Å². The third kappa shape index (κ3) is 4.66. The van der Waals surface area contributed by atoms with E-state index in [0.717, 1.165) is 25.8 Å². The summed E-state index contributed by atoms with van der Waals surface area (Å²) in [5, 5.41) is 0.630. The number of hydrogen-bond donors (Lipinski definition) is 0. The zero-order valence-corrected chi connectivity index (χ0v) is 19.2. The highest BCUT2D eigenvalue weighted by Crippen LogP contribution is 2.30. The quantitative estimate of drug-likeness (QED) is 0.626. The van der Waals surface area contributed by atoms with Crippen LogP contribution in [0.2, 0.25) is 0 Å². The molecule has 0 radical (unpaired) electrons. The maximum atomic E-state index is 13.4. The number of ether oxygens (including phenoxy) is 1. The van der Waals surface area contributed by atoms with E-state index in [4.69, 9.17) is 9.15 Å². The minimum absolute atomic E-state index is 0.130. The average molecular weight is 449 g/mol. The number of furan rings is 1. The number of benzene rings is 1. The number of carbonyl (C=O) groups excluding carboxylic acids is 1. The molecule has 0 spiro atoms. The van der Waals surface area contributed by atoms with E-state index in [1.165, 1.54) is 25.9 Å². The van der Waals surface area contributed by atoms with Crippen LogP contribution in [0.15, 0.2) is 27.5 Å². The minimum Gasteiger partial charge on any atom is -0.460 e. The van der Waals surface area contributed by atoms with E-state index in [0.29, 0.717) is 35.5 Å². The van der Waals surface area contributed by atoms with Gasteiger partial charge in [-0.3, -0.25) is 0 Å². The van der Waals surface area contributed by atoms with Crippen molar-refractivity contribution in [1.82, 2.24) is 9.21 Å². The summed E-state index contributed by atoms with van der Waals surface area (Å²) in [5.74, 6) is 0.159. The van der Waals surface area contributed by atoms with Gasteiger partial charge in [0.1, 0.15) is 5.58 Å². The third-order valence-corrected chi connectivity index (χ3v) is 8.42. The molecule has 31 heavy (non-hydrogen) atoms. The molecule has 2 fully saturated rings. The maximum absolute atomic E-state index is 13.4. The van der Waals surface area contributed by atoms with Crippen LogP contribution in [0, 0.1) is 12.8 Å². The highest BCUT2D eigenvalue weighted by Gasteiger charge is 2.29. The normalized spacial score (nSPS) is 21.4. The molecule has 1 aromatic carbocycles. The molecule has 4 rings (SSSR count). The Morgan fingerprint density at radius 1 is 1.13 bits per heavy atom. The summed E-state index contributed by atoms with van der Waals surface area (Å²) in [6.07, 6.45) is 5.42. The predicted octanol–water partition coefficient (Wildman–Crippen LogP) is 3.80. The summed E-state index contributed by atoms with van der Waals surface area (Å²) in [7, 11) is -3.60. The fourth-order valence-electron chi connectivity index (χ4n) is 4.79. The lowest BCUT2D eigenvalue weighted by atomic mass is 10.0. The molecule has 3 heterocycles. The number of rotatable bonds is 6. The van der Waals surface area contributed by atoms with Gasteiger partial charge < -0.3 is 14.1 Å². The van der Waals surface area contributed by atoms with E-state index in [2.05, 4.69) is 4.90 Å². The molecule has 2 aromatic rings. The highest BCUT2D eigenvalue weighted by molar-refractivity contribution is 7.89. The fraction of sp³-hybridized carbons (Fsp3) is 0.609. The van der Waals surface area contributed by atoms with Crippen molar-refractivity contribution in [3.05, 3.63) is 29.5 Å². The van der Waals surface area contributed by atoms with Gasteiger partial charge in [-0.15, -0.1) is 0 Å².